The smallest absolute Gasteiger partial charge is 0.387 e. The first-order chi connectivity index (χ1) is 9.17. The van der Waals surface area contributed by atoms with Gasteiger partial charge in [-0.25, -0.2) is 8.42 Å². The van der Waals surface area contributed by atoms with E-state index in [1.165, 1.54) is 18.2 Å². The zero-order valence-electron chi connectivity index (χ0n) is 11.1. The van der Waals surface area contributed by atoms with E-state index < -0.39 is 16.4 Å². The van der Waals surface area contributed by atoms with Crippen molar-refractivity contribution in [2.24, 2.45) is 0 Å². The van der Waals surface area contributed by atoms with E-state index in [1.807, 2.05) is 0 Å². The SMILES string of the molecule is CC(CS(C)(=O)=O)NCc1cc(Cl)ccc1OC(F)F. The number of ether oxygens (including phenoxy) is 1. The predicted molar refractivity (Wildman–Crippen MR) is 74.1 cm³/mol. The zero-order chi connectivity index (χ0) is 15.3. The fraction of sp³-hybridized carbons (Fsp3) is 0.500. The van der Waals surface area contributed by atoms with Crippen LogP contribution in [0.2, 0.25) is 5.02 Å². The maximum Gasteiger partial charge on any atom is 0.387 e. The van der Waals surface area contributed by atoms with Crippen molar-refractivity contribution < 1.29 is 21.9 Å². The summed E-state index contributed by atoms with van der Waals surface area (Å²) in [6.45, 7) is -1.05. The Bertz CT molecular complexity index is 552. The van der Waals surface area contributed by atoms with Gasteiger partial charge in [-0.2, -0.15) is 8.78 Å². The molecule has 1 N–H and O–H groups in total. The quantitative estimate of drug-likeness (QED) is 0.836. The summed E-state index contributed by atoms with van der Waals surface area (Å²) in [5.41, 5.74) is 0.443. The Hall–Kier alpha value is -0.920. The van der Waals surface area contributed by atoms with Gasteiger partial charge in [0.25, 0.3) is 0 Å². The lowest BCUT2D eigenvalue weighted by atomic mass is 10.2. The van der Waals surface area contributed by atoms with E-state index in [9.17, 15) is 17.2 Å². The molecule has 8 heteroatoms. The number of benzene rings is 1. The molecule has 1 atom stereocenters. The van der Waals surface area contributed by atoms with Crippen molar-refractivity contribution in [1.82, 2.24) is 5.32 Å². The first kappa shape index (κ1) is 17.1. The third-order valence-corrected chi connectivity index (χ3v) is 3.77. The molecule has 1 aromatic rings. The van der Waals surface area contributed by atoms with Crippen molar-refractivity contribution in [2.75, 3.05) is 12.0 Å². The first-order valence-corrected chi connectivity index (χ1v) is 8.25. The van der Waals surface area contributed by atoms with Crippen molar-refractivity contribution in [3.05, 3.63) is 28.8 Å². The molecular formula is C12H16ClF2NO3S. The molecule has 0 bridgehead atoms. The van der Waals surface area contributed by atoms with Crippen LogP contribution >= 0.6 is 11.6 Å². The summed E-state index contributed by atoms with van der Waals surface area (Å²) in [6, 6.07) is 3.98. The van der Waals surface area contributed by atoms with Crippen LogP contribution in [-0.4, -0.2) is 33.1 Å². The Morgan fingerprint density at radius 1 is 1.40 bits per heavy atom. The highest BCUT2D eigenvalue weighted by molar-refractivity contribution is 7.90. The molecule has 0 amide bonds. The number of halogens is 3. The van der Waals surface area contributed by atoms with Crippen LogP contribution < -0.4 is 10.1 Å². The third kappa shape index (κ3) is 6.49. The monoisotopic (exact) mass is 327 g/mol. The summed E-state index contributed by atoms with van der Waals surface area (Å²) < 4.78 is 51.2. The summed E-state index contributed by atoms with van der Waals surface area (Å²) >= 11 is 5.81. The Labute approximate surface area is 122 Å². The molecule has 0 saturated carbocycles. The van der Waals surface area contributed by atoms with Crippen LogP contribution in [0.5, 0.6) is 5.75 Å². The van der Waals surface area contributed by atoms with Crippen LogP contribution in [0, 0.1) is 0 Å². The summed E-state index contributed by atoms with van der Waals surface area (Å²) in [4.78, 5) is 0. The molecule has 1 aromatic carbocycles. The molecule has 20 heavy (non-hydrogen) atoms. The number of nitrogens with one attached hydrogen (secondary N) is 1. The average molecular weight is 328 g/mol. The van der Waals surface area contributed by atoms with E-state index in [4.69, 9.17) is 11.6 Å². The van der Waals surface area contributed by atoms with Gasteiger partial charge < -0.3 is 10.1 Å². The van der Waals surface area contributed by atoms with Crippen LogP contribution in [0.4, 0.5) is 8.78 Å². The lowest BCUT2D eigenvalue weighted by Gasteiger charge is -2.15. The minimum absolute atomic E-state index is 0.0171. The van der Waals surface area contributed by atoms with Crippen molar-refractivity contribution in [3.8, 4) is 5.75 Å². The van der Waals surface area contributed by atoms with E-state index in [2.05, 4.69) is 10.1 Å². The second-order valence-corrected chi connectivity index (χ2v) is 7.13. The van der Waals surface area contributed by atoms with Crippen molar-refractivity contribution in [1.29, 1.82) is 0 Å². The first-order valence-electron chi connectivity index (χ1n) is 5.81. The van der Waals surface area contributed by atoms with Crippen LogP contribution in [0.3, 0.4) is 0 Å². The largest absolute Gasteiger partial charge is 0.434 e. The van der Waals surface area contributed by atoms with Crippen molar-refractivity contribution in [3.63, 3.8) is 0 Å². The molecule has 0 aromatic heterocycles. The van der Waals surface area contributed by atoms with Crippen LogP contribution in [0.25, 0.3) is 0 Å². The number of rotatable bonds is 7. The van der Waals surface area contributed by atoms with Gasteiger partial charge in [0.1, 0.15) is 15.6 Å². The number of alkyl halides is 2. The summed E-state index contributed by atoms with van der Waals surface area (Å²) in [6.07, 6.45) is 1.13. The molecule has 0 saturated heterocycles. The Morgan fingerprint density at radius 3 is 2.60 bits per heavy atom. The fourth-order valence-corrected chi connectivity index (χ4v) is 2.92. The van der Waals surface area contributed by atoms with Crippen molar-refractivity contribution in [2.45, 2.75) is 26.1 Å². The molecule has 0 fully saturated rings. The van der Waals surface area contributed by atoms with Gasteiger partial charge >= 0.3 is 6.61 Å². The molecule has 0 aliphatic rings. The minimum atomic E-state index is -3.10. The number of sulfone groups is 1. The lowest BCUT2D eigenvalue weighted by molar-refractivity contribution is -0.0505. The molecule has 4 nitrogen and oxygen atoms in total. The van der Waals surface area contributed by atoms with E-state index in [0.717, 1.165) is 6.26 Å². The molecule has 1 rings (SSSR count). The van der Waals surface area contributed by atoms with Crippen LogP contribution in [-0.2, 0) is 16.4 Å². The van der Waals surface area contributed by atoms with Crippen LogP contribution in [0.15, 0.2) is 18.2 Å². The maximum atomic E-state index is 12.3. The Morgan fingerprint density at radius 2 is 2.05 bits per heavy atom. The fourth-order valence-electron chi connectivity index (χ4n) is 1.69. The molecule has 0 aliphatic carbocycles. The van der Waals surface area contributed by atoms with E-state index in [-0.39, 0.29) is 24.1 Å². The standard InChI is InChI=1S/C12H16ClF2NO3S/c1-8(7-20(2,17)18)16-6-9-5-10(13)3-4-11(9)19-12(14)15/h3-5,8,12,16H,6-7H2,1-2H3. The Balaban J connectivity index is 2.73. The summed E-state index contributed by atoms with van der Waals surface area (Å²) in [5.74, 6) is -0.0260. The van der Waals surface area contributed by atoms with Gasteiger partial charge in [0.2, 0.25) is 0 Å². The molecule has 1 unspecified atom stereocenters. The molecule has 0 radical (unpaired) electrons. The second kappa shape index (κ2) is 7.19. The Kier molecular flexibility index (Phi) is 6.16. The molecule has 0 aliphatic heterocycles. The summed E-state index contributed by atoms with van der Waals surface area (Å²) in [5, 5.41) is 3.32. The van der Waals surface area contributed by atoms with Gasteiger partial charge in [0.05, 0.1) is 5.75 Å². The maximum absolute atomic E-state index is 12.3. The zero-order valence-corrected chi connectivity index (χ0v) is 12.6. The molecule has 0 spiro atoms. The van der Waals surface area contributed by atoms with Crippen molar-refractivity contribution >= 4 is 21.4 Å². The highest BCUT2D eigenvalue weighted by atomic mass is 35.5. The number of hydrogen-bond acceptors (Lipinski definition) is 4. The number of hydrogen-bond donors (Lipinski definition) is 1. The highest BCUT2D eigenvalue weighted by Gasteiger charge is 2.13. The minimum Gasteiger partial charge on any atom is -0.434 e. The van der Waals surface area contributed by atoms with Gasteiger partial charge in [-0.3, -0.25) is 0 Å². The van der Waals surface area contributed by atoms with E-state index in [1.54, 1.807) is 6.92 Å². The third-order valence-electron chi connectivity index (χ3n) is 2.43. The second-order valence-electron chi connectivity index (χ2n) is 4.50. The normalized spacial score (nSPS) is 13.5. The molecule has 114 valence electrons. The molecule has 0 heterocycles. The van der Waals surface area contributed by atoms with Gasteiger partial charge in [-0.1, -0.05) is 11.6 Å². The highest BCUT2D eigenvalue weighted by Crippen LogP contribution is 2.24. The molecular weight excluding hydrogens is 312 g/mol. The van der Waals surface area contributed by atoms with Gasteiger partial charge in [0.15, 0.2) is 0 Å². The van der Waals surface area contributed by atoms with Crippen LogP contribution in [0.1, 0.15) is 12.5 Å². The van der Waals surface area contributed by atoms with E-state index >= 15 is 0 Å². The predicted octanol–water partition coefficient (Wildman–Crippen LogP) is 2.46. The summed E-state index contributed by atoms with van der Waals surface area (Å²) in [7, 11) is -3.10. The average Bonchev–Trinajstić information content (AvgIpc) is 2.26. The topological polar surface area (TPSA) is 55.4 Å². The van der Waals surface area contributed by atoms with Gasteiger partial charge in [-0.05, 0) is 25.1 Å². The van der Waals surface area contributed by atoms with Gasteiger partial charge in [0, 0.05) is 29.4 Å². The lowest BCUT2D eigenvalue weighted by Crippen LogP contribution is -2.32. The van der Waals surface area contributed by atoms with E-state index in [0.29, 0.717) is 10.6 Å². The van der Waals surface area contributed by atoms with Gasteiger partial charge in [-0.15, -0.1) is 0 Å².